The maximum absolute atomic E-state index is 13.3. The van der Waals surface area contributed by atoms with E-state index in [1.165, 1.54) is 6.42 Å². The first-order chi connectivity index (χ1) is 16.4. The molecular formula is C27H31N3O4. The Hall–Kier alpha value is -3.61. The summed E-state index contributed by atoms with van der Waals surface area (Å²) in [6.45, 7) is 3.75. The fourth-order valence-corrected chi connectivity index (χ4v) is 4.65. The number of allylic oxidation sites excluding steroid dienone is 2. The summed E-state index contributed by atoms with van der Waals surface area (Å²) < 4.78 is 0. The Morgan fingerprint density at radius 1 is 0.853 bits per heavy atom. The van der Waals surface area contributed by atoms with Crippen LogP contribution in [0.2, 0.25) is 0 Å². The molecule has 0 bridgehead atoms. The van der Waals surface area contributed by atoms with E-state index in [0.717, 1.165) is 37.2 Å². The molecule has 0 unspecified atom stereocenters. The van der Waals surface area contributed by atoms with Crippen LogP contribution in [0, 0.1) is 18.8 Å². The van der Waals surface area contributed by atoms with Gasteiger partial charge >= 0.3 is 5.97 Å². The van der Waals surface area contributed by atoms with Crippen molar-refractivity contribution in [1.82, 2.24) is 0 Å². The lowest BCUT2D eigenvalue weighted by atomic mass is 9.82. The number of benzene rings is 2. The average Bonchev–Trinajstić information content (AvgIpc) is 2.86. The Balaban J connectivity index is 1.59. The van der Waals surface area contributed by atoms with Crippen molar-refractivity contribution in [2.24, 2.45) is 11.8 Å². The van der Waals surface area contributed by atoms with E-state index in [0.29, 0.717) is 29.8 Å². The number of anilines is 3. The number of hydrogen-bond donors (Lipinski definition) is 3. The second kappa shape index (κ2) is 10.5. The lowest BCUT2D eigenvalue weighted by Gasteiger charge is -2.31. The van der Waals surface area contributed by atoms with Crippen molar-refractivity contribution in [3.05, 3.63) is 65.7 Å². The number of amides is 2. The van der Waals surface area contributed by atoms with E-state index in [1.54, 1.807) is 12.1 Å². The normalized spacial score (nSPS) is 20.0. The first-order valence-corrected chi connectivity index (χ1v) is 11.9. The second-order valence-corrected chi connectivity index (χ2v) is 9.08. The van der Waals surface area contributed by atoms with Gasteiger partial charge in [-0.25, -0.2) is 0 Å². The zero-order valence-electron chi connectivity index (χ0n) is 19.4. The maximum atomic E-state index is 13.3. The van der Waals surface area contributed by atoms with E-state index in [-0.39, 0.29) is 11.8 Å². The molecule has 2 aromatic rings. The number of carboxylic acid groups (broad SMARTS) is 1. The van der Waals surface area contributed by atoms with E-state index in [9.17, 15) is 19.5 Å². The first-order valence-electron chi connectivity index (χ1n) is 11.9. The van der Waals surface area contributed by atoms with Gasteiger partial charge in [-0.1, -0.05) is 29.8 Å². The molecule has 1 heterocycles. The van der Waals surface area contributed by atoms with Gasteiger partial charge in [0, 0.05) is 30.2 Å². The van der Waals surface area contributed by atoms with Crippen LogP contribution in [0.15, 0.2) is 54.6 Å². The molecular weight excluding hydrogens is 430 g/mol. The third-order valence-corrected chi connectivity index (χ3v) is 6.60. The van der Waals surface area contributed by atoms with Gasteiger partial charge in [-0.3, -0.25) is 14.4 Å². The number of nitrogens with zero attached hydrogens (tertiary/aromatic N) is 1. The molecule has 0 saturated carbocycles. The summed E-state index contributed by atoms with van der Waals surface area (Å²) in [5, 5.41) is 15.3. The molecule has 4 rings (SSSR count). The van der Waals surface area contributed by atoms with Gasteiger partial charge in [0.05, 0.1) is 17.4 Å². The van der Waals surface area contributed by atoms with Crippen LogP contribution < -0.4 is 15.5 Å². The van der Waals surface area contributed by atoms with Crippen molar-refractivity contribution in [2.75, 3.05) is 28.6 Å². The highest BCUT2D eigenvalue weighted by Crippen LogP contribution is 2.30. The monoisotopic (exact) mass is 461 g/mol. The molecule has 0 spiro atoms. The molecule has 2 aromatic carbocycles. The Morgan fingerprint density at radius 3 is 2.18 bits per heavy atom. The summed E-state index contributed by atoms with van der Waals surface area (Å²) >= 11 is 0. The van der Waals surface area contributed by atoms with Crippen molar-refractivity contribution < 1.29 is 19.5 Å². The van der Waals surface area contributed by atoms with Crippen LogP contribution in [0.5, 0.6) is 0 Å². The highest BCUT2D eigenvalue weighted by Gasteiger charge is 2.34. The smallest absolute Gasteiger partial charge is 0.307 e. The minimum absolute atomic E-state index is 0.246. The molecule has 1 aliphatic heterocycles. The second-order valence-electron chi connectivity index (χ2n) is 9.08. The largest absolute Gasteiger partial charge is 0.481 e. The molecule has 0 aromatic heterocycles. The van der Waals surface area contributed by atoms with E-state index >= 15 is 0 Å². The molecule has 2 aliphatic rings. The summed E-state index contributed by atoms with van der Waals surface area (Å²) in [6.07, 6.45) is 7.71. The lowest BCUT2D eigenvalue weighted by Crippen LogP contribution is -2.35. The molecule has 1 fully saturated rings. The summed E-state index contributed by atoms with van der Waals surface area (Å²) in [5.74, 6) is -2.95. The van der Waals surface area contributed by atoms with Crippen molar-refractivity contribution in [3.8, 4) is 0 Å². The molecule has 7 nitrogen and oxygen atoms in total. The first kappa shape index (κ1) is 23.5. The van der Waals surface area contributed by atoms with Crippen molar-refractivity contribution in [1.29, 1.82) is 0 Å². The van der Waals surface area contributed by atoms with Gasteiger partial charge in [-0.05, 0) is 69.4 Å². The van der Waals surface area contributed by atoms with Crippen LogP contribution in [0.25, 0.3) is 0 Å². The lowest BCUT2D eigenvalue weighted by molar-refractivity contribution is -0.146. The predicted octanol–water partition coefficient (Wildman–Crippen LogP) is 4.84. The summed E-state index contributed by atoms with van der Waals surface area (Å²) in [5.41, 5.74) is 3.62. The van der Waals surface area contributed by atoms with Crippen LogP contribution in [0.4, 0.5) is 17.1 Å². The summed E-state index contributed by atoms with van der Waals surface area (Å²) in [4.78, 5) is 40.1. The van der Waals surface area contributed by atoms with Crippen molar-refractivity contribution in [3.63, 3.8) is 0 Å². The number of carbonyl (C=O) groups excluding carboxylic acids is 2. The molecule has 2 atom stereocenters. The Labute approximate surface area is 199 Å². The molecule has 1 saturated heterocycles. The van der Waals surface area contributed by atoms with Crippen LogP contribution in [0.3, 0.4) is 0 Å². The molecule has 34 heavy (non-hydrogen) atoms. The van der Waals surface area contributed by atoms with Gasteiger partial charge in [0.1, 0.15) is 0 Å². The van der Waals surface area contributed by atoms with E-state index in [4.69, 9.17) is 0 Å². The highest BCUT2D eigenvalue weighted by molar-refractivity contribution is 6.09. The van der Waals surface area contributed by atoms with Crippen molar-refractivity contribution in [2.45, 2.75) is 39.0 Å². The molecule has 2 amide bonds. The van der Waals surface area contributed by atoms with E-state index in [1.807, 2.05) is 49.4 Å². The Bertz CT molecular complexity index is 1090. The molecule has 0 radical (unpaired) electrons. The average molecular weight is 462 g/mol. The number of nitrogens with one attached hydrogen (secondary N) is 2. The molecule has 178 valence electrons. The SMILES string of the molecule is Cc1ccc(NC(=O)c2cc(NC(=O)[C@H]3CC=CC[C@@H]3C(=O)O)ccc2N2CCCCC2)cc1. The zero-order chi connectivity index (χ0) is 24.1. The van der Waals surface area contributed by atoms with E-state index < -0.39 is 17.8 Å². The van der Waals surface area contributed by atoms with Crippen molar-refractivity contribution >= 4 is 34.8 Å². The standard InChI is InChI=1S/C27H31N3O4/c1-18-9-11-19(12-10-18)28-26(32)23-17-20(13-14-24(23)30-15-5-2-6-16-30)29-25(31)21-7-3-4-8-22(21)27(33)34/h3-4,9-14,17,21-22H,2,5-8,15-16H2,1H3,(H,28,32)(H,29,31)(H,33,34)/t21-,22-/m0/s1. The maximum Gasteiger partial charge on any atom is 0.307 e. The topological polar surface area (TPSA) is 98.7 Å². The highest BCUT2D eigenvalue weighted by atomic mass is 16.4. The summed E-state index contributed by atoms with van der Waals surface area (Å²) in [6, 6.07) is 13.0. The van der Waals surface area contributed by atoms with Crippen LogP contribution in [-0.2, 0) is 9.59 Å². The van der Waals surface area contributed by atoms with Gasteiger partial charge in [0.15, 0.2) is 0 Å². The Morgan fingerprint density at radius 2 is 1.50 bits per heavy atom. The van der Waals surface area contributed by atoms with Gasteiger partial charge in [0.25, 0.3) is 5.91 Å². The van der Waals surface area contributed by atoms with Gasteiger partial charge in [-0.15, -0.1) is 0 Å². The van der Waals surface area contributed by atoms with E-state index in [2.05, 4.69) is 15.5 Å². The zero-order valence-corrected chi connectivity index (χ0v) is 19.4. The fraction of sp³-hybridized carbons (Fsp3) is 0.370. The van der Waals surface area contributed by atoms with Crippen LogP contribution >= 0.6 is 0 Å². The quantitative estimate of drug-likeness (QED) is 0.535. The molecule has 1 aliphatic carbocycles. The Kier molecular flexibility index (Phi) is 7.30. The number of hydrogen-bond acceptors (Lipinski definition) is 4. The molecule has 3 N–H and O–H groups in total. The molecule has 7 heteroatoms. The number of piperidine rings is 1. The number of rotatable bonds is 6. The fourth-order valence-electron chi connectivity index (χ4n) is 4.65. The summed E-state index contributed by atoms with van der Waals surface area (Å²) in [7, 11) is 0. The third-order valence-electron chi connectivity index (χ3n) is 6.60. The van der Waals surface area contributed by atoms with Crippen LogP contribution in [0.1, 0.15) is 48.0 Å². The third kappa shape index (κ3) is 5.47. The van der Waals surface area contributed by atoms with Gasteiger partial charge < -0.3 is 20.6 Å². The number of carboxylic acids is 1. The van der Waals surface area contributed by atoms with Gasteiger partial charge in [0.2, 0.25) is 5.91 Å². The predicted molar refractivity (Wildman–Crippen MR) is 133 cm³/mol. The van der Waals surface area contributed by atoms with Gasteiger partial charge in [-0.2, -0.15) is 0 Å². The minimum atomic E-state index is -0.969. The number of aliphatic carboxylic acids is 1. The number of aryl methyl sites for hydroxylation is 1. The number of carbonyl (C=O) groups is 3. The minimum Gasteiger partial charge on any atom is -0.481 e. The van der Waals surface area contributed by atoms with Crippen LogP contribution in [-0.4, -0.2) is 36.0 Å².